The van der Waals surface area contributed by atoms with Crippen molar-refractivity contribution in [1.29, 1.82) is 0 Å². The largest absolute Gasteiger partial charge is 0.465 e. The fraction of sp³-hybridized carbons (Fsp3) is 0.452. The third-order valence-corrected chi connectivity index (χ3v) is 7.88. The van der Waals surface area contributed by atoms with E-state index in [0.29, 0.717) is 34.1 Å². The smallest absolute Gasteiger partial charge is 0.342 e. The SMILES string of the molecule is COC(=O)c1cccc(N(C)C(=O)CN2N=C(CC(=O)C(C)(C)CC3CCCCC3)c3ccccc3NC2=O)c1. The van der Waals surface area contributed by atoms with Crippen molar-refractivity contribution >= 4 is 40.8 Å². The Morgan fingerprint density at radius 3 is 2.52 bits per heavy atom. The molecular formula is C31H38N4O5. The number of para-hydroxylation sites is 1. The first kappa shape index (κ1) is 29.0. The molecule has 2 aromatic carbocycles. The van der Waals surface area contributed by atoms with Crippen LogP contribution in [-0.2, 0) is 14.3 Å². The maximum atomic E-state index is 13.6. The fourth-order valence-corrected chi connectivity index (χ4v) is 5.46. The maximum Gasteiger partial charge on any atom is 0.342 e. The van der Waals surface area contributed by atoms with Crippen LogP contribution in [0.1, 0.15) is 74.7 Å². The minimum atomic E-state index is -0.568. The first-order valence-electron chi connectivity index (χ1n) is 13.8. The summed E-state index contributed by atoms with van der Waals surface area (Å²) in [5.41, 5.74) is 1.88. The molecule has 0 bridgehead atoms. The van der Waals surface area contributed by atoms with Crippen LogP contribution in [0.4, 0.5) is 16.2 Å². The van der Waals surface area contributed by atoms with Crippen molar-refractivity contribution in [2.45, 2.75) is 58.8 Å². The van der Waals surface area contributed by atoms with Gasteiger partial charge in [0.2, 0.25) is 5.91 Å². The lowest BCUT2D eigenvalue weighted by atomic mass is 9.73. The molecule has 1 heterocycles. The first-order chi connectivity index (χ1) is 19.1. The third-order valence-electron chi connectivity index (χ3n) is 7.88. The molecule has 9 nitrogen and oxygen atoms in total. The molecule has 212 valence electrons. The van der Waals surface area contributed by atoms with Crippen LogP contribution in [0.2, 0.25) is 0 Å². The number of amides is 3. The highest BCUT2D eigenvalue weighted by Crippen LogP contribution is 2.36. The van der Waals surface area contributed by atoms with Gasteiger partial charge in [-0.3, -0.25) is 9.59 Å². The van der Waals surface area contributed by atoms with E-state index in [0.717, 1.165) is 24.3 Å². The van der Waals surface area contributed by atoms with Gasteiger partial charge in [-0.1, -0.05) is 70.2 Å². The Labute approximate surface area is 235 Å². The van der Waals surface area contributed by atoms with Gasteiger partial charge in [-0.25, -0.2) is 14.6 Å². The van der Waals surface area contributed by atoms with Crippen LogP contribution in [0.15, 0.2) is 53.6 Å². The highest BCUT2D eigenvalue weighted by Gasteiger charge is 2.34. The van der Waals surface area contributed by atoms with E-state index < -0.39 is 23.3 Å². The summed E-state index contributed by atoms with van der Waals surface area (Å²) < 4.78 is 4.77. The van der Waals surface area contributed by atoms with Crippen molar-refractivity contribution in [2.24, 2.45) is 16.4 Å². The fourth-order valence-electron chi connectivity index (χ4n) is 5.46. The molecule has 0 saturated heterocycles. The average Bonchev–Trinajstić information content (AvgIpc) is 3.08. The molecule has 40 heavy (non-hydrogen) atoms. The lowest BCUT2D eigenvalue weighted by Gasteiger charge is -2.31. The third kappa shape index (κ3) is 6.76. The number of rotatable bonds is 9. The van der Waals surface area contributed by atoms with E-state index in [1.165, 1.54) is 31.3 Å². The molecule has 1 saturated carbocycles. The van der Waals surface area contributed by atoms with Crippen molar-refractivity contribution in [3.8, 4) is 0 Å². The number of hydrogen-bond acceptors (Lipinski definition) is 6. The van der Waals surface area contributed by atoms with Gasteiger partial charge in [-0.2, -0.15) is 5.10 Å². The van der Waals surface area contributed by atoms with Gasteiger partial charge in [-0.15, -0.1) is 0 Å². The number of methoxy groups -OCH3 is 1. The number of nitrogens with one attached hydrogen (secondary N) is 1. The number of anilines is 2. The van der Waals surface area contributed by atoms with Crippen molar-refractivity contribution < 1.29 is 23.9 Å². The van der Waals surface area contributed by atoms with Gasteiger partial charge in [0.1, 0.15) is 12.3 Å². The summed E-state index contributed by atoms with van der Waals surface area (Å²) in [5.74, 6) is -0.335. The number of ether oxygens (including phenoxy) is 1. The number of fused-ring (bicyclic) bond motifs is 1. The highest BCUT2D eigenvalue weighted by atomic mass is 16.5. The molecule has 2 aliphatic rings. The first-order valence-corrected chi connectivity index (χ1v) is 13.8. The Balaban J connectivity index is 1.56. The summed E-state index contributed by atoms with van der Waals surface area (Å²) in [6, 6.07) is 13.1. The topological polar surface area (TPSA) is 108 Å². The second-order valence-corrected chi connectivity index (χ2v) is 11.3. The normalized spacial score (nSPS) is 15.8. The van der Waals surface area contributed by atoms with E-state index in [1.54, 1.807) is 43.4 Å². The second kappa shape index (κ2) is 12.4. The van der Waals surface area contributed by atoms with Crippen LogP contribution in [0.5, 0.6) is 0 Å². The summed E-state index contributed by atoms with van der Waals surface area (Å²) in [5, 5.41) is 8.46. The second-order valence-electron chi connectivity index (χ2n) is 11.3. The monoisotopic (exact) mass is 546 g/mol. The Bertz CT molecular complexity index is 1310. The number of carbonyl (C=O) groups excluding carboxylic acids is 4. The molecule has 0 aromatic heterocycles. The van der Waals surface area contributed by atoms with Crippen molar-refractivity contribution in [3.63, 3.8) is 0 Å². The maximum absolute atomic E-state index is 13.6. The highest BCUT2D eigenvalue weighted by molar-refractivity contribution is 6.17. The lowest BCUT2D eigenvalue weighted by Crippen LogP contribution is -2.40. The molecule has 1 aliphatic carbocycles. The number of esters is 1. The van der Waals surface area contributed by atoms with Crippen molar-refractivity contribution in [2.75, 3.05) is 30.9 Å². The molecule has 4 rings (SSSR count). The Morgan fingerprint density at radius 2 is 1.80 bits per heavy atom. The molecule has 0 radical (unpaired) electrons. The number of hydrazone groups is 1. The lowest BCUT2D eigenvalue weighted by molar-refractivity contribution is -0.126. The van der Waals surface area contributed by atoms with Gasteiger partial charge in [-0.05, 0) is 36.6 Å². The molecule has 9 heteroatoms. The summed E-state index contributed by atoms with van der Waals surface area (Å²) in [6.45, 7) is 3.63. The zero-order chi connectivity index (χ0) is 28.9. The minimum absolute atomic E-state index is 0.0490. The van der Waals surface area contributed by atoms with E-state index >= 15 is 0 Å². The van der Waals surface area contributed by atoms with E-state index in [4.69, 9.17) is 4.74 Å². The molecular weight excluding hydrogens is 508 g/mol. The zero-order valence-corrected chi connectivity index (χ0v) is 23.7. The Hall–Kier alpha value is -4.01. The average molecular weight is 547 g/mol. The van der Waals surface area contributed by atoms with Crippen LogP contribution < -0.4 is 10.2 Å². The predicted octanol–water partition coefficient (Wildman–Crippen LogP) is 5.64. The molecule has 0 unspecified atom stereocenters. The minimum Gasteiger partial charge on any atom is -0.465 e. The zero-order valence-electron chi connectivity index (χ0n) is 23.7. The summed E-state index contributed by atoms with van der Waals surface area (Å²) >= 11 is 0. The van der Waals surface area contributed by atoms with Crippen molar-refractivity contribution in [1.82, 2.24) is 5.01 Å². The van der Waals surface area contributed by atoms with Crippen LogP contribution >= 0.6 is 0 Å². The summed E-state index contributed by atoms with van der Waals surface area (Å²) in [7, 11) is 2.85. The number of Topliss-reactive ketones (excluding diaryl/α,β-unsaturated/α-hetero) is 1. The van der Waals surface area contributed by atoms with Gasteiger partial charge < -0.3 is 15.0 Å². The van der Waals surface area contributed by atoms with E-state index in [9.17, 15) is 19.2 Å². The quantitative estimate of drug-likeness (QED) is 0.409. The van der Waals surface area contributed by atoms with Crippen LogP contribution in [-0.4, -0.2) is 55.1 Å². The van der Waals surface area contributed by atoms with E-state index in [1.807, 2.05) is 26.0 Å². The van der Waals surface area contributed by atoms with Gasteiger partial charge >= 0.3 is 12.0 Å². The molecule has 3 amide bonds. The number of nitrogens with zero attached hydrogens (tertiary/aromatic N) is 3. The van der Waals surface area contributed by atoms with Crippen LogP contribution in [0.3, 0.4) is 0 Å². The summed E-state index contributed by atoms with van der Waals surface area (Å²) in [6.07, 6.45) is 6.89. The number of benzene rings is 2. The van der Waals surface area contributed by atoms with Gasteiger partial charge in [0.05, 0.1) is 30.5 Å². The molecule has 1 fully saturated rings. The van der Waals surface area contributed by atoms with Gasteiger partial charge in [0, 0.05) is 23.7 Å². The molecule has 1 aliphatic heterocycles. The van der Waals surface area contributed by atoms with Crippen LogP contribution in [0, 0.1) is 11.3 Å². The Kier molecular flexibility index (Phi) is 9.02. The molecule has 1 N–H and O–H groups in total. The summed E-state index contributed by atoms with van der Waals surface area (Å²) in [4.78, 5) is 53.3. The predicted molar refractivity (Wildman–Crippen MR) is 154 cm³/mol. The van der Waals surface area contributed by atoms with Crippen LogP contribution in [0.25, 0.3) is 0 Å². The molecule has 0 atom stereocenters. The number of likely N-dealkylation sites (N-methyl/N-ethyl adjacent to an activating group) is 1. The number of ketones is 1. The van der Waals surface area contributed by atoms with E-state index in [2.05, 4.69) is 10.4 Å². The molecule has 0 spiro atoms. The van der Waals surface area contributed by atoms with Crippen molar-refractivity contribution in [3.05, 3.63) is 59.7 Å². The molecule has 2 aromatic rings. The number of carbonyl (C=O) groups is 4. The Morgan fingerprint density at radius 1 is 1.07 bits per heavy atom. The standard InChI is InChI=1S/C31H38N4O5/c1-31(2,19-21-11-6-5-7-12-21)27(36)18-26-24-15-8-9-16-25(24)32-30(39)35(33-26)20-28(37)34(3)23-14-10-13-22(17-23)29(38)40-4/h8-10,13-17,21H,5-7,11-12,18-20H2,1-4H3,(H,32,39). The van der Waals surface area contributed by atoms with E-state index in [-0.39, 0.29) is 18.7 Å². The number of hydrogen-bond donors (Lipinski definition) is 1. The number of urea groups is 1. The van der Waals surface area contributed by atoms with Gasteiger partial charge in [0.25, 0.3) is 0 Å². The van der Waals surface area contributed by atoms with Gasteiger partial charge in [0.15, 0.2) is 0 Å².